The molecule has 5 N–H and O–H groups in total. The molecule has 0 bridgehead atoms. The zero-order valence-corrected chi connectivity index (χ0v) is 16.4. The summed E-state index contributed by atoms with van der Waals surface area (Å²) in [6.45, 7) is 5.57. The maximum absolute atomic E-state index is 13.3. The Labute approximate surface area is 164 Å². The summed E-state index contributed by atoms with van der Waals surface area (Å²) in [7, 11) is 0. The molecular formula is C21H28N2O5. The number of carboxylic acids is 2. The van der Waals surface area contributed by atoms with Crippen LogP contribution in [0.25, 0.3) is 0 Å². The van der Waals surface area contributed by atoms with Crippen LogP contribution in [0.5, 0.6) is 0 Å². The van der Waals surface area contributed by atoms with E-state index in [1.165, 1.54) is 0 Å². The monoisotopic (exact) mass is 388 g/mol. The minimum Gasteiger partial charge on any atom is -0.481 e. The Balaban J connectivity index is 2.01. The Morgan fingerprint density at radius 3 is 2.11 bits per heavy atom. The highest BCUT2D eigenvalue weighted by molar-refractivity contribution is 5.93. The minimum absolute atomic E-state index is 0.297. The molecule has 2 aliphatic rings. The highest BCUT2D eigenvalue weighted by atomic mass is 16.4. The summed E-state index contributed by atoms with van der Waals surface area (Å²) < 4.78 is 0. The number of nitrogens with one attached hydrogen (secondary N) is 1. The Kier molecular flexibility index (Phi) is 4.78. The van der Waals surface area contributed by atoms with Crippen LogP contribution in [0.1, 0.15) is 39.2 Å². The van der Waals surface area contributed by atoms with Crippen LogP contribution in [-0.4, -0.2) is 33.6 Å². The van der Waals surface area contributed by atoms with Gasteiger partial charge in [0.2, 0.25) is 5.91 Å². The molecular weight excluding hydrogens is 360 g/mol. The fraction of sp³-hybridized carbons (Fsp3) is 0.571. The SMILES string of the molecule is CCC1(CC)C(C(=O)NCc2ccccc2)C2C(C(=O)O)C2(C)C1(N)C(=O)O. The van der Waals surface area contributed by atoms with Gasteiger partial charge in [0.25, 0.3) is 0 Å². The third-order valence-corrected chi connectivity index (χ3v) is 7.64. The molecule has 0 radical (unpaired) electrons. The second-order valence-electron chi connectivity index (χ2n) is 8.28. The van der Waals surface area contributed by atoms with Gasteiger partial charge in [-0.1, -0.05) is 51.1 Å². The van der Waals surface area contributed by atoms with Crippen LogP contribution >= 0.6 is 0 Å². The Morgan fingerprint density at radius 1 is 1.07 bits per heavy atom. The third kappa shape index (κ3) is 2.28. The van der Waals surface area contributed by atoms with E-state index in [0.717, 1.165) is 5.56 Å². The number of hydrogen-bond donors (Lipinski definition) is 4. The molecule has 152 valence electrons. The van der Waals surface area contributed by atoms with Gasteiger partial charge in [-0.25, -0.2) is 0 Å². The van der Waals surface area contributed by atoms with Crippen LogP contribution in [0.4, 0.5) is 0 Å². The lowest BCUT2D eigenvalue weighted by molar-refractivity contribution is -0.158. The molecule has 0 saturated heterocycles. The first-order chi connectivity index (χ1) is 13.1. The predicted molar refractivity (Wildman–Crippen MR) is 102 cm³/mol. The number of amides is 1. The zero-order chi connectivity index (χ0) is 20.9. The van der Waals surface area contributed by atoms with Crippen LogP contribution in [0.15, 0.2) is 30.3 Å². The van der Waals surface area contributed by atoms with Crippen molar-refractivity contribution in [3.63, 3.8) is 0 Å². The summed E-state index contributed by atoms with van der Waals surface area (Å²) in [5, 5.41) is 22.7. The molecule has 5 unspecified atom stereocenters. The molecule has 7 heteroatoms. The van der Waals surface area contributed by atoms with Crippen molar-refractivity contribution in [2.75, 3.05) is 0 Å². The molecule has 2 aliphatic carbocycles. The van der Waals surface area contributed by atoms with E-state index in [1.807, 2.05) is 44.2 Å². The zero-order valence-electron chi connectivity index (χ0n) is 16.4. The molecule has 0 aromatic heterocycles. The first-order valence-corrected chi connectivity index (χ1v) is 9.70. The van der Waals surface area contributed by atoms with Gasteiger partial charge in [0.05, 0.1) is 11.8 Å². The first-order valence-electron chi connectivity index (χ1n) is 9.70. The molecule has 1 aromatic carbocycles. The van der Waals surface area contributed by atoms with Gasteiger partial charge in [0, 0.05) is 17.4 Å². The van der Waals surface area contributed by atoms with Crippen LogP contribution in [0.3, 0.4) is 0 Å². The predicted octanol–water partition coefficient (Wildman–Crippen LogP) is 1.86. The number of carboxylic acid groups (broad SMARTS) is 2. The molecule has 0 heterocycles. The fourth-order valence-corrected chi connectivity index (χ4v) is 6.13. The number of benzene rings is 1. The van der Waals surface area contributed by atoms with Crippen molar-refractivity contribution in [3.05, 3.63) is 35.9 Å². The van der Waals surface area contributed by atoms with E-state index in [2.05, 4.69) is 5.32 Å². The second kappa shape index (κ2) is 6.58. The van der Waals surface area contributed by atoms with Gasteiger partial charge in [-0.15, -0.1) is 0 Å². The van der Waals surface area contributed by atoms with E-state index < -0.39 is 46.1 Å². The lowest BCUT2D eigenvalue weighted by Gasteiger charge is -2.48. The van der Waals surface area contributed by atoms with Gasteiger partial charge in [-0.05, 0) is 24.3 Å². The maximum Gasteiger partial charge on any atom is 0.324 e. The van der Waals surface area contributed by atoms with Crippen LogP contribution in [0.2, 0.25) is 0 Å². The molecule has 7 nitrogen and oxygen atoms in total. The standard InChI is InChI=1S/C21H28N2O5/c1-4-20(5-2)14(16(24)23-11-12-9-7-6-8-10-12)13-15(17(25)26)19(13,3)21(20,22)18(27)28/h6-10,13-15H,4-5,11,22H2,1-3H3,(H,23,24)(H,25,26)(H,27,28). The van der Waals surface area contributed by atoms with Gasteiger partial charge in [-0.3, -0.25) is 14.4 Å². The van der Waals surface area contributed by atoms with Crippen molar-refractivity contribution in [1.29, 1.82) is 0 Å². The van der Waals surface area contributed by atoms with Crippen LogP contribution < -0.4 is 11.1 Å². The summed E-state index contributed by atoms with van der Waals surface area (Å²) in [6.07, 6.45) is 0.766. The number of carbonyl (C=O) groups is 3. The van der Waals surface area contributed by atoms with Gasteiger partial charge in [0.15, 0.2) is 0 Å². The Hall–Kier alpha value is -2.41. The molecule has 2 saturated carbocycles. The lowest BCUT2D eigenvalue weighted by Crippen LogP contribution is -2.66. The van der Waals surface area contributed by atoms with E-state index in [-0.39, 0.29) is 5.91 Å². The smallest absolute Gasteiger partial charge is 0.324 e. The fourth-order valence-electron chi connectivity index (χ4n) is 6.13. The molecule has 3 rings (SSSR count). The topological polar surface area (TPSA) is 130 Å². The minimum atomic E-state index is -1.79. The summed E-state index contributed by atoms with van der Waals surface area (Å²) in [5.74, 6) is -4.94. The van der Waals surface area contributed by atoms with Crippen LogP contribution in [0, 0.1) is 28.6 Å². The van der Waals surface area contributed by atoms with E-state index in [0.29, 0.717) is 19.4 Å². The van der Waals surface area contributed by atoms with Gasteiger partial charge in [0.1, 0.15) is 5.54 Å². The number of nitrogens with two attached hydrogens (primary N) is 1. The molecule has 0 aliphatic heterocycles. The molecule has 2 fully saturated rings. The highest BCUT2D eigenvalue weighted by Gasteiger charge is 2.89. The van der Waals surface area contributed by atoms with Crippen molar-refractivity contribution in [1.82, 2.24) is 5.32 Å². The summed E-state index contributed by atoms with van der Waals surface area (Å²) >= 11 is 0. The van der Waals surface area contributed by atoms with Crippen LogP contribution in [-0.2, 0) is 20.9 Å². The first kappa shape index (κ1) is 20.3. The van der Waals surface area contributed by atoms with E-state index in [9.17, 15) is 24.6 Å². The van der Waals surface area contributed by atoms with Crippen molar-refractivity contribution >= 4 is 17.8 Å². The Bertz CT molecular complexity index is 806. The van der Waals surface area contributed by atoms with Crippen molar-refractivity contribution in [3.8, 4) is 0 Å². The van der Waals surface area contributed by atoms with E-state index in [1.54, 1.807) is 6.92 Å². The largest absolute Gasteiger partial charge is 0.481 e. The normalized spacial score (nSPS) is 35.1. The Morgan fingerprint density at radius 2 is 1.64 bits per heavy atom. The number of fused-ring (bicyclic) bond motifs is 1. The molecule has 28 heavy (non-hydrogen) atoms. The van der Waals surface area contributed by atoms with E-state index >= 15 is 0 Å². The highest BCUT2D eigenvalue weighted by Crippen LogP contribution is 2.80. The quantitative estimate of drug-likeness (QED) is 0.564. The third-order valence-electron chi connectivity index (χ3n) is 7.64. The maximum atomic E-state index is 13.3. The van der Waals surface area contributed by atoms with E-state index in [4.69, 9.17) is 5.73 Å². The number of hydrogen-bond acceptors (Lipinski definition) is 4. The second-order valence-corrected chi connectivity index (χ2v) is 8.28. The summed E-state index contributed by atoms with van der Waals surface area (Å²) in [6, 6.07) is 9.38. The molecule has 1 amide bonds. The van der Waals surface area contributed by atoms with Gasteiger partial charge in [-0.2, -0.15) is 0 Å². The molecule has 0 spiro atoms. The molecule has 5 atom stereocenters. The summed E-state index contributed by atoms with van der Waals surface area (Å²) in [5.41, 5.74) is 3.50. The van der Waals surface area contributed by atoms with Gasteiger partial charge >= 0.3 is 11.9 Å². The van der Waals surface area contributed by atoms with Gasteiger partial charge < -0.3 is 21.3 Å². The average molecular weight is 388 g/mol. The average Bonchev–Trinajstić information content (AvgIpc) is 3.25. The summed E-state index contributed by atoms with van der Waals surface area (Å²) in [4.78, 5) is 37.5. The number of carbonyl (C=O) groups excluding carboxylic acids is 1. The van der Waals surface area contributed by atoms with Crippen molar-refractivity contribution in [2.45, 2.75) is 45.7 Å². The lowest BCUT2D eigenvalue weighted by atomic mass is 9.57. The number of aliphatic carboxylic acids is 2. The number of rotatable bonds is 7. The van der Waals surface area contributed by atoms with Crippen molar-refractivity contribution < 1.29 is 24.6 Å². The molecule has 1 aromatic rings. The van der Waals surface area contributed by atoms with Crippen molar-refractivity contribution in [2.24, 2.45) is 34.3 Å².